The summed E-state index contributed by atoms with van der Waals surface area (Å²) in [5.74, 6) is -0.601. The maximum Gasteiger partial charge on any atom is 0.338 e. The van der Waals surface area contributed by atoms with E-state index in [1.54, 1.807) is 26.0 Å². The lowest BCUT2D eigenvalue weighted by Crippen LogP contribution is -2.20. The summed E-state index contributed by atoms with van der Waals surface area (Å²) in [6.45, 7) is 8.17. The van der Waals surface area contributed by atoms with E-state index in [2.05, 4.69) is 24.5 Å². The van der Waals surface area contributed by atoms with Crippen LogP contribution in [-0.4, -0.2) is 30.3 Å². The second kappa shape index (κ2) is 10.6. The molecule has 0 aliphatic heterocycles. The molecule has 0 spiro atoms. The summed E-state index contributed by atoms with van der Waals surface area (Å²) in [4.78, 5) is 24.3. The lowest BCUT2D eigenvalue weighted by atomic mass is 10.0. The molecule has 7 heteroatoms. The Morgan fingerprint density at radius 3 is 1.79 bits per heavy atom. The fourth-order valence-corrected chi connectivity index (χ4v) is 2.84. The van der Waals surface area contributed by atoms with Gasteiger partial charge in [-0.3, -0.25) is 0 Å². The van der Waals surface area contributed by atoms with Crippen molar-refractivity contribution in [2.24, 2.45) is 0 Å². The number of carbonyl (C=O) groups is 2. The molecule has 2 N–H and O–H groups in total. The molecule has 6 nitrogen and oxygen atoms in total. The Morgan fingerprint density at radius 2 is 1.34 bits per heavy atom. The summed E-state index contributed by atoms with van der Waals surface area (Å²) in [5.41, 5.74) is 3.03. The number of rotatable bonds is 7. The molecule has 2 aromatic carbocycles. The van der Waals surface area contributed by atoms with Gasteiger partial charge in [0.2, 0.25) is 0 Å². The van der Waals surface area contributed by atoms with Crippen molar-refractivity contribution in [3.05, 3.63) is 59.2 Å². The second-order valence-corrected chi connectivity index (χ2v) is 7.00. The SMILES string of the molecule is CCOC(=O)c1cc(NC(=S)Nc2ccc(C(C)C)cc2)cc(C(=O)OCC)c1. The highest BCUT2D eigenvalue weighted by atomic mass is 32.1. The monoisotopic (exact) mass is 414 g/mol. The molecule has 0 fully saturated rings. The van der Waals surface area contributed by atoms with Crippen molar-refractivity contribution in [3.8, 4) is 0 Å². The largest absolute Gasteiger partial charge is 0.462 e. The van der Waals surface area contributed by atoms with Crippen LogP contribution in [0.5, 0.6) is 0 Å². The molecular weight excluding hydrogens is 388 g/mol. The molecule has 2 rings (SSSR count). The first-order valence-corrected chi connectivity index (χ1v) is 9.92. The number of carbonyl (C=O) groups excluding carboxylic acids is 2. The Bertz CT molecular complexity index is 843. The second-order valence-electron chi connectivity index (χ2n) is 6.60. The average Bonchev–Trinajstić information content (AvgIpc) is 2.68. The van der Waals surface area contributed by atoms with Gasteiger partial charge in [-0.15, -0.1) is 0 Å². The summed E-state index contributed by atoms with van der Waals surface area (Å²) in [5, 5.41) is 6.43. The molecule has 0 aliphatic carbocycles. The van der Waals surface area contributed by atoms with E-state index in [4.69, 9.17) is 21.7 Å². The van der Waals surface area contributed by atoms with Crippen LogP contribution in [0.1, 0.15) is 59.9 Å². The van der Waals surface area contributed by atoms with E-state index in [0.717, 1.165) is 5.69 Å². The van der Waals surface area contributed by atoms with Crippen molar-refractivity contribution < 1.29 is 19.1 Å². The van der Waals surface area contributed by atoms with Gasteiger partial charge >= 0.3 is 11.9 Å². The van der Waals surface area contributed by atoms with Gasteiger partial charge in [0, 0.05) is 11.4 Å². The first-order chi connectivity index (χ1) is 13.8. The van der Waals surface area contributed by atoms with Gasteiger partial charge in [0.25, 0.3) is 0 Å². The van der Waals surface area contributed by atoms with Crippen LogP contribution in [0.4, 0.5) is 11.4 Å². The van der Waals surface area contributed by atoms with Crippen molar-refractivity contribution >= 4 is 40.6 Å². The van der Waals surface area contributed by atoms with Gasteiger partial charge in [-0.05, 0) is 67.9 Å². The highest BCUT2D eigenvalue weighted by Gasteiger charge is 2.15. The minimum absolute atomic E-state index is 0.234. The van der Waals surface area contributed by atoms with Crippen LogP contribution in [0.25, 0.3) is 0 Å². The molecule has 0 aromatic heterocycles. The number of anilines is 2. The zero-order valence-corrected chi connectivity index (χ0v) is 17.9. The third-order valence-corrected chi connectivity index (χ3v) is 4.25. The maximum absolute atomic E-state index is 12.1. The number of nitrogens with one attached hydrogen (secondary N) is 2. The predicted molar refractivity (Wildman–Crippen MR) is 119 cm³/mol. The van der Waals surface area contributed by atoms with Crippen LogP contribution < -0.4 is 10.6 Å². The summed E-state index contributed by atoms with van der Waals surface area (Å²) in [6, 6.07) is 12.6. The lowest BCUT2D eigenvalue weighted by molar-refractivity contribution is 0.0525. The summed E-state index contributed by atoms with van der Waals surface area (Å²) >= 11 is 5.37. The third-order valence-electron chi connectivity index (χ3n) is 4.05. The minimum Gasteiger partial charge on any atom is -0.462 e. The maximum atomic E-state index is 12.1. The van der Waals surface area contributed by atoms with Crippen LogP contribution in [0, 0.1) is 0 Å². The Labute approximate surface area is 176 Å². The molecule has 0 amide bonds. The van der Waals surface area contributed by atoms with Crippen molar-refractivity contribution in [1.82, 2.24) is 0 Å². The van der Waals surface area contributed by atoms with Crippen molar-refractivity contribution in [1.29, 1.82) is 0 Å². The Balaban J connectivity index is 2.19. The number of thiocarbonyl (C=S) groups is 1. The van der Waals surface area contributed by atoms with E-state index in [1.165, 1.54) is 11.6 Å². The molecule has 0 heterocycles. The van der Waals surface area contributed by atoms with Crippen molar-refractivity contribution in [2.45, 2.75) is 33.6 Å². The third kappa shape index (κ3) is 6.57. The predicted octanol–water partition coefficient (Wildman–Crippen LogP) is 4.97. The molecule has 0 radical (unpaired) electrons. The van der Waals surface area contributed by atoms with E-state index >= 15 is 0 Å². The highest BCUT2D eigenvalue weighted by molar-refractivity contribution is 7.80. The normalized spacial score (nSPS) is 10.4. The first kappa shape index (κ1) is 22.4. The number of hydrogen-bond acceptors (Lipinski definition) is 5. The topological polar surface area (TPSA) is 76.7 Å². The van der Waals surface area contributed by atoms with E-state index < -0.39 is 11.9 Å². The van der Waals surface area contributed by atoms with Crippen LogP contribution in [0.3, 0.4) is 0 Å². The Hall–Kier alpha value is -2.93. The quantitative estimate of drug-likeness (QED) is 0.489. The molecule has 2 aromatic rings. The number of esters is 2. The van der Waals surface area contributed by atoms with Gasteiger partial charge in [-0.2, -0.15) is 0 Å². The molecule has 0 saturated carbocycles. The molecule has 154 valence electrons. The first-order valence-electron chi connectivity index (χ1n) is 9.51. The van der Waals surface area contributed by atoms with Gasteiger partial charge in [0.05, 0.1) is 24.3 Å². The van der Waals surface area contributed by atoms with Crippen LogP contribution in [-0.2, 0) is 9.47 Å². The standard InChI is InChI=1S/C22H26N2O4S/c1-5-27-20(25)16-11-17(21(26)28-6-2)13-19(12-16)24-22(29)23-18-9-7-15(8-10-18)14(3)4/h7-14H,5-6H2,1-4H3,(H2,23,24,29). The number of benzene rings is 2. The van der Waals surface area contributed by atoms with Gasteiger partial charge in [-0.25, -0.2) is 9.59 Å². The summed E-state index contributed by atoms with van der Waals surface area (Å²) < 4.78 is 10.1. The van der Waals surface area contributed by atoms with Crippen LogP contribution in [0.15, 0.2) is 42.5 Å². The zero-order valence-electron chi connectivity index (χ0n) is 17.1. The highest BCUT2D eigenvalue weighted by Crippen LogP contribution is 2.19. The van der Waals surface area contributed by atoms with Crippen molar-refractivity contribution in [2.75, 3.05) is 23.8 Å². The summed E-state index contributed by atoms with van der Waals surface area (Å²) in [7, 11) is 0. The Morgan fingerprint density at radius 1 is 0.862 bits per heavy atom. The van der Waals surface area contributed by atoms with E-state index in [-0.39, 0.29) is 24.3 Å². The molecule has 0 atom stereocenters. The van der Waals surface area contributed by atoms with Gasteiger partial charge in [-0.1, -0.05) is 26.0 Å². The van der Waals surface area contributed by atoms with E-state index in [9.17, 15) is 9.59 Å². The molecule has 0 bridgehead atoms. The molecule has 29 heavy (non-hydrogen) atoms. The number of ether oxygens (including phenoxy) is 2. The van der Waals surface area contributed by atoms with E-state index in [0.29, 0.717) is 16.7 Å². The smallest absolute Gasteiger partial charge is 0.338 e. The fraction of sp³-hybridized carbons (Fsp3) is 0.318. The Kier molecular flexibility index (Phi) is 8.15. The fourth-order valence-electron chi connectivity index (χ4n) is 2.61. The van der Waals surface area contributed by atoms with Crippen molar-refractivity contribution in [3.63, 3.8) is 0 Å². The van der Waals surface area contributed by atoms with Gasteiger partial charge < -0.3 is 20.1 Å². The van der Waals surface area contributed by atoms with Crippen LogP contribution in [0.2, 0.25) is 0 Å². The van der Waals surface area contributed by atoms with Gasteiger partial charge in [0.15, 0.2) is 5.11 Å². The molecule has 0 saturated heterocycles. The average molecular weight is 415 g/mol. The lowest BCUT2D eigenvalue weighted by Gasteiger charge is -2.14. The molecule has 0 unspecified atom stereocenters. The number of hydrogen-bond donors (Lipinski definition) is 2. The van der Waals surface area contributed by atoms with Crippen LogP contribution >= 0.6 is 12.2 Å². The van der Waals surface area contributed by atoms with E-state index in [1.807, 2.05) is 24.3 Å². The zero-order chi connectivity index (χ0) is 21.4. The molecule has 0 aliphatic rings. The molecular formula is C22H26N2O4S. The van der Waals surface area contributed by atoms with Gasteiger partial charge in [0.1, 0.15) is 0 Å². The summed E-state index contributed by atoms with van der Waals surface area (Å²) in [6.07, 6.45) is 0. The minimum atomic E-state index is -0.523.